The summed E-state index contributed by atoms with van der Waals surface area (Å²) in [7, 11) is 0. The van der Waals surface area contributed by atoms with Crippen molar-refractivity contribution in [2.24, 2.45) is 0 Å². The average molecular weight is 453 g/mol. The van der Waals surface area contributed by atoms with Crippen LogP contribution in [0.2, 0.25) is 0 Å². The molecule has 5 nitrogen and oxygen atoms in total. The number of hydrogen-bond donors (Lipinski definition) is 1. The van der Waals surface area contributed by atoms with Crippen LogP contribution in [-0.2, 0) is 13.2 Å². The van der Waals surface area contributed by atoms with Crippen LogP contribution in [0.5, 0.6) is 11.5 Å². The highest BCUT2D eigenvalue weighted by molar-refractivity contribution is 5.87. The summed E-state index contributed by atoms with van der Waals surface area (Å²) in [5.41, 5.74) is 5.79. The third-order valence-corrected chi connectivity index (χ3v) is 5.61. The Hall–Kier alpha value is -4.38. The Bertz CT molecular complexity index is 1310. The Kier molecular flexibility index (Phi) is 7.04. The van der Waals surface area contributed by atoms with E-state index in [2.05, 4.69) is 25.1 Å². The van der Waals surface area contributed by atoms with Crippen LogP contribution >= 0.6 is 0 Å². The quantitative estimate of drug-likeness (QED) is 0.300. The van der Waals surface area contributed by atoms with Crippen LogP contribution in [0.4, 0.5) is 0 Å². The molecule has 1 N–H and O–H groups in total. The molecule has 0 aliphatic rings. The van der Waals surface area contributed by atoms with E-state index in [0.717, 1.165) is 28.5 Å². The van der Waals surface area contributed by atoms with E-state index >= 15 is 0 Å². The zero-order valence-electron chi connectivity index (χ0n) is 18.7. The second kappa shape index (κ2) is 10.5. The molecule has 0 aliphatic heterocycles. The van der Waals surface area contributed by atoms with Crippen molar-refractivity contribution in [3.05, 3.63) is 119 Å². The standard InChI is InChI=1S/C29H24O5/c1-20-25(11-6-12-27(20)22-8-3-2-4-9-22)19-33-26-14-13-24(17-30)28(16-26)34-18-21-7-5-10-23(15-21)29(31)32/h2-17H,18-19H2,1H3,(H,31,32). The van der Waals surface area contributed by atoms with E-state index < -0.39 is 5.97 Å². The fourth-order valence-electron chi connectivity index (χ4n) is 3.71. The van der Waals surface area contributed by atoms with E-state index in [1.807, 2.05) is 30.3 Å². The smallest absolute Gasteiger partial charge is 0.335 e. The van der Waals surface area contributed by atoms with Crippen molar-refractivity contribution in [2.75, 3.05) is 0 Å². The molecule has 0 atom stereocenters. The molecule has 0 amide bonds. The third-order valence-electron chi connectivity index (χ3n) is 5.61. The van der Waals surface area contributed by atoms with Crippen LogP contribution in [0.25, 0.3) is 11.1 Å². The summed E-state index contributed by atoms with van der Waals surface area (Å²) in [6.07, 6.45) is 0.722. The van der Waals surface area contributed by atoms with Crippen molar-refractivity contribution >= 4 is 12.3 Å². The summed E-state index contributed by atoms with van der Waals surface area (Å²) in [5.74, 6) is -0.0511. The second-order valence-corrected chi connectivity index (χ2v) is 7.86. The fourth-order valence-corrected chi connectivity index (χ4v) is 3.71. The number of hydrogen-bond acceptors (Lipinski definition) is 4. The maximum Gasteiger partial charge on any atom is 0.335 e. The lowest BCUT2D eigenvalue weighted by molar-refractivity contribution is 0.0696. The van der Waals surface area contributed by atoms with Crippen LogP contribution in [0.15, 0.2) is 91.0 Å². The number of carbonyl (C=O) groups excluding carboxylic acids is 1. The molecule has 4 rings (SSSR count). The van der Waals surface area contributed by atoms with Crippen molar-refractivity contribution in [3.63, 3.8) is 0 Å². The summed E-state index contributed by atoms with van der Waals surface area (Å²) >= 11 is 0. The molecule has 170 valence electrons. The van der Waals surface area contributed by atoms with Crippen molar-refractivity contribution in [1.82, 2.24) is 0 Å². The number of ether oxygens (including phenoxy) is 2. The van der Waals surface area contributed by atoms with E-state index in [1.165, 1.54) is 6.07 Å². The Balaban J connectivity index is 1.49. The van der Waals surface area contributed by atoms with Crippen molar-refractivity contribution in [2.45, 2.75) is 20.1 Å². The highest BCUT2D eigenvalue weighted by Gasteiger charge is 2.10. The van der Waals surface area contributed by atoms with Crippen molar-refractivity contribution < 1.29 is 24.2 Å². The first-order valence-electron chi connectivity index (χ1n) is 10.9. The molecule has 0 fully saturated rings. The van der Waals surface area contributed by atoms with Gasteiger partial charge in [-0.2, -0.15) is 0 Å². The van der Waals surface area contributed by atoms with Gasteiger partial charge in [0.15, 0.2) is 6.29 Å². The highest BCUT2D eigenvalue weighted by atomic mass is 16.5. The lowest BCUT2D eigenvalue weighted by atomic mass is 9.97. The van der Waals surface area contributed by atoms with Crippen LogP contribution in [0.1, 0.15) is 37.4 Å². The molecule has 4 aromatic carbocycles. The minimum Gasteiger partial charge on any atom is -0.489 e. The van der Waals surface area contributed by atoms with E-state index in [1.54, 1.807) is 36.4 Å². The molecular formula is C29H24O5. The molecule has 5 heteroatoms. The zero-order valence-corrected chi connectivity index (χ0v) is 18.7. The summed E-state index contributed by atoms with van der Waals surface area (Å²) in [6.45, 7) is 2.58. The van der Waals surface area contributed by atoms with Crippen molar-refractivity contribution in [3.8, 4) is 22.6 Å². The molecular weight excluding hydrogens is 428 g/mol. The monoisotopic (exact) mass is 452 g/mol. The van der Waals surface area contributed by atoms with E-state index in [0.29, 0.717) is 29.2 Å². The normalized spacial score (nSPS) is 10.5. The topological polar surface area (TPSA) is 72.8 Å². The number of carboxylic acids is 1. The number of rotatable bonds is 9. The van der Waals surface area contributed by atoms with E-state index in [-0.39, 0.29) is 12.2 Å². The lowest BCUT2D eigenvalue weighted by Crippen LogP contribution is -2.03. The minimum atomic E-state index is -1.00. The van der Waals surface area contributed by atoms with Gasteiger partial charge in [0.1, 0.15) is 24.7 Å². The van der Waals surface area contributed by atoms with Gasteiger partial charge in [0.25, 0.3) is 0 Å². The number of carbonyl (C=O) groups is 2. The summed E-state index contributed by atoms with van der Waals surface area (Å²) in [6, 6.07) is 27.9. The Labute approximate surface area is 198 Å². The maximum atomic E-state index is 11.5. The van der Waals surface area contributed by atoms with E-state index in [9.17, 15) is 9.59 Å². The van der Waals surface area contributed by atoms with Crippen LogP contribution < -0.4 is 9.47 Å². The van der Waals surface area contributed by atoms with Gasteiger partial charge in [-0.1, -0.05) is 60.7 Å². The first-order valence-corrected chi connectivity index (χ1v) is 10.9. The SMILES string of the molecule is Cc1c(COc2ccc(C=O)c(OCc3cccc(C(=O)O)c3)c2)cccc1-c1ccccc1. The summed E-state index contributed by atoms with van der Waals surface area (Å²) in [5, 5.41) is 9.16. The molecule has 0 heterocycles. The maximum absolute atomic E-state index is 11.5. The zero-order chi connectivity index (χ0) is 23.9. The van der Waals surface area contributed by atoms with Gasteiger partial charge in [-0.25, -0.2) is 4.79 Å². The summed E-state index contributed by atoms with van der Waals surface area (Å²) in [4.78, 5) is 22.7. The van der Waals surface area contributed by atoms with Gasteiger partial charge in [-0.05, 0) is 59.0 Å². The molecule has 0 saturated heterocycles. The van der Waals surface area contributed by atoms with Gasteiger partial charge in [-0.3, -0.25) is 4.79 Å². The summed E-state index contributed by atoms with van der Waals surface area (Å²) < 4.78 is 11.9. The van der Waals surface area contributed by atoms with Gasteiger partial charge >= 0.3 is 5.97 Å². The van der Waals surface area contributed by atoms with Crippen LogP contribution in [-0.4, -0.2) is 17.4 Å². The van der Waals surface area contributed by atoms with Crippen molar-refractivity contribution in [1.29, 1.82) is 0 Å². The predicted octanol–water partition coefficient (Wildman–Crippen LogP) is 6.33. The highest BCUT2D eigenvalue weighted by Crippen LogP contribution is 2.28. The van der Waals surface area contributed by atoms with E-state index in [4.69, 9.17) is 14.6 Å². The number of carboxylic acid groups (broad SMARTS) is 1. The van der Waals surface area contributed by atoms with Gasteiger partial charge in [0.05, 0.1) is 11.1 Å². The third kappa shape index (κ3) is 5.33. The Morgan fingerprint density at radius 3 is 2.41 bits per heavy atom. The molecule has 0 aliphatic carbocycles. The van der Waals surface area contributed by atoms with Crippen LogP contribution in [0.3, 0.4) is 0 Å². The minimum absolute atomic E-state index is 0.129. The molecule has 0 unspecified atom stereocenters. The molecule has 4 aromatic rings. The first-order chi connectivity index (χ1) is 16.5. The van der Waals surface area contributed by atoms with Gasteiger partial charge in [0, 0.05) is 6.07 Å². The van der Waals surface area contributed by atoms with Crippen LogP contribution in [0, 0.1) is 6.92 Å². The van der Waals surface area contributed by atoms with Gasteiger partial charge in [-0.15, -0.1) is 0 Å². The largest absolute Gasteiger partial charge is 0.489 e. The molecule has 34 heavy (non-hydrogen) atoms. The lowest BCUT2D eigenvalue weighted by Gasteiger charge is -2.14. The number of aromatic carboxylic acids is 1. The predicted molar refractivity (Wildman–Crippen MR) is 131 cm³/mol. The average Bonchev–Trinajstić information content (AvgIpc) is 2.87. The molecule has 0 radical (unpaired) electrons. The molecule has 0 saturated carbocycles. The Morgan fingerprint density at radius 1 is 0.853 bits per heavy atom. The van der Waals surface area contributed by atoms with Gasteiger partial charge in [0.2, 0.25) is 0 Å². The van der Waals surface area contributed by atoms with Gasteiger partial charge < -0.3 is 14.6 Å². The number of benzene rings is 4. The molecule has 0 bridgehead atoms. The molecule has 0 spiro atoms. The molecule has 0 aromatic heterocycles. The first kappa shape index (κ1) is 22.8. The number of aldehydes is 1. The fraction of sp³-hybridized carbons (Fsp3) is 0.103. The second-order valence-electron chi connectivity index (χ2n) is 7.86. The Morgan fingerprint density at radius 2 is 1.65 bits per heavy atom.